The molecule has 1 atom stereocenters. The third kappa shape index (κ3) is 3.54. The third-order valence-corrected chi connectivity index (χ3v) is 6.62. The van der Waals surface area contributed by atoms with Crippen molar-refractivity contribution in [3.63, 3.8) is 0 Å². The molecule has 1 aromatic heterocycles. The summed E-state index contributed by atoms with van der Waals surface area (Å²) in [5.74, 6) is 1.47. The second kappa shape index (κ2) is 7.07. The summed E-state index contributed by atoms with van der Waals surface area (Å²) < 4.78 is 28.2. The molecule has 0 radical (unpaired) electrons. The number of aromatic nitrogens is 2. The maximum atomic E-state index is 12.2. The molecule has 1 aliphatic heterocycles. The average Bonchev–Trinajstić information content (AvgIpc) is 2.97. The van der Waals surface area contributed by atoms with Crippen molar-refractivity contribution in [2.75, 3.05) is 18.8 Å². The smallest absolute Gasteiger partial charge is 0.213 e. The van der Waals surface area contributed by atoms with Crippen LogP contribution in [0.25, 0.3) is 11.4 Å². The fourth-order valence-electron chi connectivity index (χ4n) is 3.38. The molecule has 130 valence electrons. The number of sulfonamides is 1. The highest BCUT2D eigenvalue weighted by Crippen LogP contribution is 2.25. The van der Waals surface area contributed by atoms with Crippen LogP contribution in [0.2, 0.25) is 0 Å². The first-order valence-electron chi connectivity index (χ1n) is 8.56. The molecular formula is C18H25N3O2S. The zero-order chi connectivity index (χ0) is 17.2. The lowest BCUT2D eigenvalue weighted by Crippen LogP contribution is -2.41. The number of imidazole rings is 1. The van der Waals surface area contributed by atoms with Crippen molar-refractivity contribution in [1.82, 2.24) is 13.9 Å². The van der Waals surface area contributed by atoms with Crippen molar-refractivity contribution in [1.29, 1.82) is 0 Å². The molecule has 0 saturated carbocycles. The monoisotopic (exact) mass is 347 g/mol. The van der Waals surface area contributed by atoms with Crippen LogP contribution in [0.1, 0.15) is 25.5 Å². The Kier molecular flexibility index (Phi) is 5.06. The molecule has 0 aliphatic carbocycles. The van der Waals surface area contributed by atoms with E-state index in [9.17, 15) is 8.42 Å². The Morgan fingerprint density at radius 2 is 2.00 bits per heavy atom. The van der Waals surface area contributed by atoms with Crippen molar-refractivity contribution in [3.8, 4) is 11.4 Å². The van der Waals surface area contributed by atoms with Gasteiger partial charge in [0.1, 0.15) is 5.82 Å². The SMILES string of the molecule is CCS(=O)(=O)N1CCCC(Cn2c(C)cnc2-c2ccccc2)C1. The summed E-state index contributed by atoms with van der Waals surface area (Å²) in [5.41, 5.74) is 2.21. The molecule has 6 heteroatoms. The highest BCUT2D eigenvalue weighted by molar-refractivity contribution is 7.89. The van der Waals surface area contributed by atoms with Gasteiger partial charge in [-0.1, -0.05) is 30.3 Å². The lowest BCUT2D eigenvalue weighted by Gasteiger charge is -2.32. The van der Waals surface area contributed by atoms with Crippen molar-refractivity contribution >= 4 is 10.0 Å². The number of hydrogen-bond donors (Lipinski definition) is 0. The standard InChI is InChI=1S/C18H25N3O2S/c1-3-24(22,23)20-11-7-8-16(13-20)14-21-15(2)12-19-18(21)17-9-5-4-6-10-17/h4-6,9-10,12,16H,3,7-8,11,13-14H2,1-2H3. The average molecular weight is 347 g/mol. The van der Waals surface area contributed by atoms with E-state index in [4.69, 9.17) is 0 Å². The molecule has 1 aromatic carbocycles. The minimum absolute atomic E-state index is 0.180. The molecule has 0 bridgehead atoms. The van der Waals surface area contributed by atoms with Crippen LogP contribution in [-0.2, 0) is 16.6 Å². The highest BCUT2D eigenvalue weighted by atomic mass is 32.2. The summed E-state index contributed by atoms with van der Waals surface area (Å²) in [6.45, 7) is 5.85. The summed E-state index contributed by atoms with van der Waals surface area (Å²) in [5, 5.41) is 0. The molecule has 2 heterocycles. The number of rotatable bonds is 5. The van der Waals surface area contributed by atoms with Gasteiger partial charge in [-0.25, -0.2) is 17.7 Å². The normalized spacial score (nSPS) is 19.5. The number of benzene rings is 1. The van der Waals surface area contributed by atoms with Crippen LogP contribution in [-0.4, -0.2) is 41.1 Å². The molecule has 5 nitrogen and oxygen atoms in total. The van der Waals surface area contributed by atoms with Crippen molar-refractivity contribution in [2.24, 2.45) is 5.92 Å². The quantitative estimate of drug-likeness (QED) is 0.836. The van der Waals surface area contributed by atoms with E-state index in [1.165, 1.54) is 0 Å². The first-order valence-corrected chi connectivity index (χ1v) is 10.2. The van der Waals surface area contributed by atoms with Gasteiger partial charge in [-0.3, -0.25) is 0 Å². The molecule has 0 spiro atoms. The summed E-state index contributed by atoms with van der Waals surface area (Å²) in [7, 11) is -3.10. The van der Waals surface area contributed by atoms with E-state index in [0.29, 0.717) is 19.0 Å². The van der Waals surface area contributed by atoms with Gasteiger partial charge in [0, 0.05) is 37.1 Å². The minimum atomic E-state index is -3.10. The van der Waals surface area contributed by atoms with Crippen LogP contribution in [0.15, 0.2) is 36.5 Å². The Labute approximate surface area is 144 Å². The molecule has 1 saturated heterocycles. The fourth-order valence-corrected chi connectivity index (χ4v) is 4.59. The Morgan fingerprint density at radius 1 is 1.25 bits per heavy atom. The van der Waals surface area contributed by atoms with Gasteiger partial charge in [0.25, 0.3) is 0 Å². The zero-order valence-corrected chi connectivity index (χ0v) is 15.2. The Bertz CT molecular complexity index is 784. The second-order valence-corrected chi connectivity index (χ2v) is 8.72. The van der Waals surface area contributed by atoms with Crippen molar-refractivity contribution in [2.45, 2.75) is 33.2 Å². The van der Waals surface area contributed by atoms with Gasteiger partial charge in [-0.15, -0.1) is 0 Å². The number of hydrogen-bond acceptors (Lipinski definition) is 3. The van der Waals surface area contributed by atoms with Crippen LogP contribution >= 0.6 is 0 Å². The van der Waals surface area contributed by atoms with Crippen LogP contribution in [0.4, 0.5) is 0 Å². The van der Waals surface area contributed by atoms with Gasteiger partial charge in [0.15, 0.2) is 0 Å². The predicted molar refractivity (Wildman–Crippen MR) is 96.2 cm³/mol. The molecular weight excluding hydrogens is 322 g/mol. The Morgan fingerprint density at radius 3 is 2.71 bits per heavy atom. The molecule has 0 amide bonds. The van der Waals surface area contributed by atoms with Gasteiger partial charge >= 0.3 is 0 Å². The topological polar surface area (TPSA) is 55.2 Å². The molecule has 24 heavy (non-hydrogen) atoms. The highest BCUT2D eigenvalue weighted by Gasteiger charge is 2.28. The third-order valence-electron chi connectivity index (χ3n) is 4.77. The fraction of sp³-hybridized carbons (Fsp3) is 0.500. The molecule has 1 aliphatic rings. The summed E-state index contributed by atoms with van der Waals surface area (Å²) in [6, 6.07) is 10.2. The van der Waals surface area contributed by atoms with E-state index >= 15 is 0 Å². The molecule has 1 fully saturated rings. The lowest BCUT2D eigenvalue weighted by molar-refractivity contribution is 0.245. The van der Waals surface area contributed by atoms with Crippen LogP contribution in [0, 0.1) is 12.8 Å². The minimum Gasteiger partial charge on any atom is -0.328 e. The second-order valence-electron chi connectivity index (χ2n) is 6.47. The number of nitrogens with zero attached hydrogens (tertiary/aromatic N) is 3. The van der Waals surface area contributed by atoms with Crippen molar-refractivity contribution in [3.05, 3.63) is 42.2 Å². The van der Waals surface area contributed by atoms with Crippen LogP contribution in [0.5, 0.6) is 0 Å². The molecule has 0 N–H and O–H groups in total. The van der Waals surface area contributed by atoms with E-state index in [1.807, 2.05) is 24.4 Å². The lowest BCUT2D eigenvalue weighted by atomic mass is 9.99. The van der Waals surface area contributed by atoms with Crippen LogP contribution in [0.3, 0.4) is 0 Å². The van der Waals surface area contributed by atoms with E-state index in [-0.39, 0.29) is 5.75 Å². The van der Waals surface area contributed by atoms with E-state index < -0.39 is 10.0 Å². The molecule has 3 rings (SSSR count). The largest absolute Gasteiger partial charge is 0.328 e. The summed E-state index contributed by atoms with van der Waals surface area (Å²) >= 11 is 0. The first-order chi connectivity index (χ1) is 11.5. The van der Waals surface area contributed by atoms with Gasteiger partial charge in [0.05, 0.1) is 5.75 Å². The summed E-state index contributed by atoms with van der Waals surface area (Å²) in [4.78, 5) is 4.57. The number of aryl methyl sites for hydroxylation is 1. The van der Waals surface area contributed by atoms with Gasteiger partial charge in [-0.2, -0.15) is 0 Å². The zero-order valence-electron chi connectivity index (χ0n) is 14.4. The van der Waals surface area contributed by atoms with E-state index in [0.717, 1.165) is 36.5 Å². The predicted octanol–water partition coefficient (Wildman–Crippen LogP) is 2.92. The van der Waals surface area contributed by atoms with Gasteiger partial charge in [0.2, 0.25) is 10.0 Å². The molecule has 2 aromatic rings. The molecule has 1 unspecified atom stereocenters. The summed E-state index contributed by atoms with van der Waals surface area (Å²) in [6.07, 6.45) is 3.88. The Balaban J connectivity index is 1.81. The Hall–Kier alpha value is -1.66. The van der Waals surface area contributed by atoms with Gasteiger partial charge < -0.3 is 4.57 Å². The van der Waals surface area contributed by atoms with E-state index in [2.05, 4.69) is 28.6 Å². The maximum absolute atomic E-state index is 12.2. The number of piperidine rings is 1. The van der Waals surface area contributed by atoms with Crippen molar-refractivity contribution < 1.29 is 8.42 Å². The maximum Gasteiger partial charge on any atom is 0.213 e. The first kappa shape index (κ1) is 17.2. The van der Waals surface area contributed by atoms with E-state index in [1.54, 1.807) is 11.2 Å². The van der Waals surface area contributed by atoms with Gasteiger partial charge in [-0.05, 0) is 32.6 Å². The van der Waals surface area contributed by atoms with Crippen LogP contribution < -0.4 is 0 Å².